The molecule has 0 aliphatic carbocycles. The summed E-state index contributed by atoms with van der Waals surface area (Å²) in [5, 5.41) is 9.09. The van der Waals surface area contributed by atoms with Crippen LogP contribution in [-0.4, -0.2) is 23.4 Å². The lowest BCUT2D eigenvalue weighted by Gasteiger charge is -2.17. The molecule has 30 heavy (non-hydrogen) atoms. The summed E-state index contributed by atoms with van der Waals surface area (Å²) in [4.78, 5) is 24.8. The first kappa shape index (κ1) is 25.9. The highest BCUT2D eigenvalue weighted by molar-refractivity contribution is 5.90. The van der Waals surface area contributed by atoms with E-state index in [2.05, 4.69) is 6.92 Å². The predicted octanol–water partition coefficient (Wildman–Crippen LogP) is 7.14. The van der Waals surface area contributed by atoms with Crippen LogP contribution in [0.5, 0.6) is 0 Å². The predicted molar refractivity (Wildman–Crippen MR) is 126 cm³/mol. The van der Waals surface area contributed by atoms with E-state index in [4.69, 9.17) is 5.11 Å². The SMILES string of the molecule is CCCCCCCCCCCCCCCC(=O)/C=C/N(CC(=O)O)c1ccccc1. The number of aliphatic carboxylic acids is 1. The van der Waals surface area contributed by atoms with Gasteiger partial charge in [0.2, 0.25) is 0 Å². The van der Waals surface area contributed by atoms with Crippen molar-refractivity contribution in [2.75, 3.05) is 11.4 Å². The van der Waals surface area contributed by atoms with Gasteiger partial charge in [-0.05, 0) is 24.6 Å². The van der Waals surface area contributed by atoms with Crippen LogP contribution in [0.4, 0.5) is 5.69 Å². The second-order valence-electron chi connectivity index (χ2n) is 8.13. The maximum Gasteiger partial charge on any atom is 0.323 e. The maximum atomic E-state index is 12.1. The third kappa shape index (κ3) is 14.0. The van der Waals surface area contributed by atoms with Crippen LogP contribution in [0.15, 0.2) is 42.6 Å². The molecule has 0 saturated heterocycles. The fourth-order valence-corrected chi connectivity index (χ4v) is 3.57. The van der Waals surface area contributed by atoms with Gasteiger partial charge < -0.3 is 10.0 Å². The van der Waals surface area contributed by atoms with Gasteiger partial charge in [-0.1, -0.05) is 102 Å². The fraction of sp³-hybridized carbons (Fsp3) is 0.615. The molecule has 0 unspecified atom stereocenters. The molecule has 0 heterocycles. The zero-order valence-corrected chi connectivity index (χ0v) is 18.9. The van der Waals surface area contributed by atoms with Crippen molar-refractivity contribution in [3.63, 3.8) is 0 Å². The molecule has 1 aromatic carbocycles. The zero-order valence-electron chi connectivity index (χ0n) is 18.9. The lowest BCUT2D eigenvalue weighted by atomic mass is 10.0. The third-order valence-corrected chi connectivity index (χ3v) is 5.36. The number of carboxylic acid groups (broad SMARTS) is 1. The Morgan fingerprint density at radius 3 is 1.80 bits per heavy atom. The summed E-state index contributed by atoms with van der Waals surface area (Å²) in [6.07, 6.45) is 20.4. The van der Waals surface area contributed by atoms with Crippen molar-refractivity contribution in [2.24, 2.45) is 0 Å². The van der Waals surface area contributed by atoms with Gasteiger partial charge in [-0.2, -0.15) is 0 Å². The molecule has 0 spiro atoms. The monoisotopic (exact) mass is 415 g/mol. The molecule has 0 atom stereocenters. The average molecular weight is 416 g/mol. The smallest absolute Gasteiger partial charge is 0.323 e. The Balaban J connectivity index is 2.08. The number of para-hydroxylation sites is 1. The van der Waals surface area contributed by atoms with Crippen LogP contribution < -0.4 is 4.90 Å². The quantitative estimate of drug-likeness (QED) is 0.193. The molecule has 0 radical (unpaired) electrons. The van der Waals surface area contributed by atoms with E-state index in [9.17, 15) is 9.59 Å². The van der Waals surface area contributed by atoms with Crippen LogP contribution in [0.2, 0.25) is 0 Å². The van der Waals surface area contributed by atoms with Crippen molar-refractivity contribution in [1.82, 2.24) is 0 Å². The Morgan fingerprint density at radius 1 is 0.800 bits per heavy atom. The van der Waals surface area contributed by atoms with E-state index in [0.717, 1.165) is 18.5 Å². The van der Waals surface area contributed by atoms with Gasteiger partial charge >= 0.3 is 5.97 Å². The summed E-state index contributed by atoms with van der Waals surface area (Å²) < 4.78 is 0. The number of carbonyl (C=O) groups excluding carboxylic acids is 1. The summed E-state index contributed by atoms with van der Waals surface area (Å²) in [7, 11) is 0. The van der Waals surface area contributed by atoms with Crippen LogP contribution in [0.1, 0.15) is 96.8 Å². The number of benzene rings is 1. The van der Waals surface area contributed by atoms with E-state index >= 15 is 0 Å². The average Bonchev–Trinajstić information content (AvgIpc) is 2.74. The summed E-state index contributed by atoms with van der Waals surface area (Å²) in [6.45, 7) is 2.10. The van der Waals surface area contributed by atoms with Crippen LogP contribution in [0.3, 0.4) is 0 Å². The van der Waals surface area contributed by atoms with Gasteiger partial charge in [0.15, 0.2) is 5.78 Å². The van der Waals surface area contributed by atoms with Gasteiger partial charge in [0, 0.05) is 18.3 Å². The first-order chi connectivity index (χ1) is 14.6. The first-order valence-electron chi connectivity index (χ1n) is 11.9. The molecular formula is C26H41NO3. The van der Waals surface area contributed by atoms with E-state index in [1.54, 1.807) is 11.1 Å². The molecule has 1 aromatic rings. The maximum absolute atomic E-state index is 12.1. The van der Waals surface area contributed by atoms with E-state index in [1.807, 2.05) is 30.3 Å². The molecule has 0 saturated carbocycles. The number of carbonyl (C=O) groups is 2. The number of nitrogens with zero attached hydrogens (tertiary/aromatic N) is 1. The highest BCUT2D eigenvalue weighted by Gasteiger charge is 2.08. The van der Waals surface area contributed by atoms with Crippen LogP contribution in [0, 0.1) is 0 Å². The molecule has 0 fully saturated rings. The molecule has 0 bridgehead atoms. The molecule has 168 valence electrons. The second-order valence-corrected chi connectivity index (χ2v) is 8.13. The largest absolute Gasteiger partial charge is 0.480 e. The molecule has 0 amide bonds. The lowest BCUT2D eigenvalue weighted by Crippen LogP contribution is -2.24. The highest BCUT2D eigenvalue weighted by atomic mass is 16.4. The Bertz CT molecular complexity index is 598. The standard InChI is InChI=1S/C26H41NO3/c1-2-3-4-5-6-7-8-9-10-11-12-13-17-20-25(28)21-22-27(23-26(29)30)24-18-15-14-16-19-24/h14-16,18-19,21-22H,2-13,17,20,23H2,1H3,(H,29,30)/b22-21+. The minimum absolute atomic E-state index is 0.0596. The molecule has 4 nitrogen and oxygen atoms in total. The topological polar surface area (TPSA) is 57.6 Å². The number of anilines is 1. The van der Waals surface area contributed by atoms with Crippen molar-refractivity contribution in [3.8, 4) is 0 Å². The van der Waals surface area contributed by atoms with Crippen LogP contribution >= 0.6 is 0 Å². The zero-order chi connectivity index (χ0) is 21.9. The van der Waals surface area contributed by atoms with E-state index in [1.165, 1.54) is 76.7 Å². The van der Waals surface area contributed by atoms with Crippen molar-refractivity contribution in [2.45, 2.75) is 96.8 Å². The minimum atomic E-state index is -0.924. The van der Waals surface area contributed by atoms with Gasteiger partial charge in [-0.15, -0.1) is 0 Å². The summed E-state index contributed by atoms with van der Waals surface area (Å²) in [5.74, 6) is -0.864. The molecule has 4 heteroatoms. The summed E-state index contributed by atoms with van der Waals surface area (Å²) in [5.41, 5.74) is 0.768. The number of carboxylic acids is 1. The number of hydrogen-bond acceptors (Lipinski definition) is 3. The molecule has 0 aromatic heterocycles. The van der Waals surface area contributed by atoms with Gasteiger partial charge in [0.05, 0.1) is 0 Å². The first-order valence-corrected chi connectivity index (χ1v) is 11.9. The van der Waals surface area contributed by atoms with Crippen molar-refractivity contribution >= 4 is 17.4 Å². The lowest BCUT2D eigenvalue weighted by molar-refractivity contribution is -0.135. The van der Waals surface area contributed by atoms with Crippen LogP contribution in [0.25, 0.3) is 0 Å². The molecule has 1 N–H and O–H groups in total. The second kappa shape index (κ2) is 17.7. The summed E-state index contributed by atoms with van der Waals surface area (Å²) >= 11 is 0. The Labute approximate surface area is 183 Å². The Hall–Kier alpha value is -2.10. The number of allylic oxidation sites excluding steroid dienone is 1. The van der Waals surface area contributed by atoms with E-state index in [0.29, 0.717) is 6.42 Å². The molecule has 1 rings (SSSR count). The molecular weight excluding hydrogens is 374 g/mol. The Morgan fingerprint density at radius 2 is 1.30 bits per heavy atom. The number of hydrogen-bond donors (Lipinski definition) is 1. The van der Waals surface area contributed by atoms with Gasteiger partial charge in [-0.3, -0.25) is 9.59 Å². The van der Waals surface area contributed by atoms with Crippen molar-refractivity contribution in [3.05, 3.63) is 42.6 Å². The molecule has 0 aliphatic heterocycles. The van der Waals surface area contributed by atoms with Gasteiger partial charge in [-0.25, -0.2) is 0 Å². The van der Waals surface area contributed by atoms with Crippen LogP contribution in [-0.2, 0) is 9.59 Å². The third-order valence-electron chi connectivity index (χ3n) is 5.36. The Kier molecular flexibility index (Phi) is 15.3. The van der Waals surface area contributed by atoms with Gasteiger partial charge in [0.1, 0.15) is 6.54 Å². The summed E-state index contributed by atoms with van der Waals surface area (Å²) in [6, 6.07) is 9.27. The fourth-order valence-electron chi connectivity index (χ4n) is 3.57. The van der Waals surface area contributed by atoms with E-state index < -0.39 is 5.97 Å². The van der Waals surface area contributed by atoms with E-state index in [-0.39, 0.29) is 12.3 Å². The minimum Gasteiger partial charge on any atom is -0.480 e. The molecule has 0 aliphatic rings. The highest BCUT2D eigenvalue weighted by Crippen LogP contribution is 2.15. The van der Waals surface area contributed by atoms with Crippen molar-refractivity contribution in [1.29, 1.82) is 0 Å². The van der Waals surface area contributed by atoms with Crippen molar-refractivity contribution < 1.29 is 14.7 Å². The number of unbranched alkanes of at least 4 members (excludes halogenated alkanes) is 12. The normalized spacial score (nSPS) is 11.1. The number of rotatable bonds is 19. The number of ketones is 1. The van der Waals surface area contributed by atoms with Gasteiger partial charge in [0.25, 0.3) is 0 Å².